The highest BCUT2D eigenvalue weighted by Crippen LogP contribution is 2.32. The van der Waals surface area contributed by atoms with Crippen molar-refractivity contribution in [2.24, 2.45) is 0 Å². The Morgan fingerprint density at radius 3 is 2.36 bits per heavy atom. The van der Waals surface area contributed by atoms with E-state index < -0.39 is 11.2 Å². The minimum Gasteiger partial charge on any atom is -0.427 e. The molecule has 0 amide bonds. The Morgan fingerprint density at radius 2 is 1.64 bits per heavy atom. The van der Waals surface area contributed by atoms with Crippen LogP contribution in [0.5, 0.6) is 0 Å². The molecule has 0 bridgehead atoms. The summed E-state index contributed by atoms with van der Waals surface area (Å²) in [6.07, 6.45) is 0. The maximum Gasteiger partial charge on any atom is 0.330 e. The maximum absolute atomic E-state index is 10.2. The van der Waals surface area contributed by atoms with Crippen molar-refractivity contribution in [3.05, 3.63) is 42.5 Å². The molecule has 0 saturated heterocycles. The van der Waals surface area contributed by atoms with Crippen molar-refractivity contribution < 1.29 is 9.76 Å². The number of fused-ring (bicyclic) bond motifs is 3. The van der Waals surface area contributed by atoms with Crippen LogP contribution in [0.1, 0.15) is 27.7 Å². The van der Waals surface area contributed by atoms with Gasteiger partial charge in [0.1, 0.15) is 0 Å². The molecule has 0 atom stereocenters. The van der Waals surface area contributed by atoms with Gasteiger partial charge in [0.25, 0.3) is 0 Å². The number of benzene rings is 2. The Kier molecular flexibility index (Phi) is 3.80. The summed E-state index contributed by atoms with van der Waals surface area (Å²) in [5.74, 6) is 0. The van der Waals surface area contributed by atoms with Gasteiger partial charge in [-0.1, -0.05) is 35.8 Å². The predicted octanol–water partition coefficient (Wildman–Crippen LogP) is 3.87. The lowest BCUT2D eigenvalue weighted by Crippen LogP contribution is -2.49. The normalized spacial score (nSPS) is 13.0. The molecule has 0 saturated carbocycles. The van der Waals surface area contributed by atoms with Gasteiger partial charge in [-0.05, 0) is 45.2 Å². The highest BCUT2D eigenvalue weighted by molar-refractivity contribution is 7.25. The SMILES string of the molecule is CC(C)(O)C(C)(C)O[B]c1ccc2sc3ccccc3c2c1. The number of thiophene rings is 1. The summed E-state index contributed by atoms with van der Waals surface area (Å²) in [5.41, 5.74) is -0.560. The second-order valence-electron chi connectivity index (χ2n) is 6.66. The van der Waals surface area contributed by atoms with Gasteiger partial charge in [0.05, 0.1) is 11.2 Å². The summed E-state index contributed by atoms with van der Waals surface area (Å²) in [6.45, 7) is 7.30. The van der Waals surface area contributed by atoms with Crippen LogP contribution in [-0.4, -0.2) is 23.8 Å². The summed E-state index contributed by atoms with van der Waals surface area (Å²) in [4.78, 5) is 0. The predicted molar refractivity (Wildman–Crippen MR) is 96.2 cm³/mol. The van der Waals surface area contributed by atoms with Crippen molar-refractivity contribution in [1.29, 1.82) is 0 Å². The zero-order valence-corrected chi connectivity index (χ0v) is 14.2. The monoisotopic (exact) mass is 311 g/mol. The topological polar surface area (TPSA) is 29.5 Å². The van der Waals surface area contributed by atoms with Crippen molar-refractivity contribution in [3.63, 3.8) is 0 Å². The van der Waals surface area contributed by atoms with Crippen LogP contribution in [0.4, 0.5) is 0 Å². The first-order valence-electron chi connectivity index (χ1n) is 7.43. The molecule has 0 aliphatic heterocycles. The molecule has 3 rings (SSSR count). The number of hydrogen-bond donors (Lipinski definition) is 1. The molecule has 113 valence electrons. The van der Waals surface area contributed by atoms with Crippen LogP contribution in [0, 0.1) is 0 Å². The fourth-order valence-electron chi connectivity index (χ4n) is 2.18. The third-order valence-corrected chi connectivity index (χ3v) is 5.52. The average Bonchev–Trinajstić information content (AvgIpc) is 2.82. The van der Waals surface area contributed by atoms with Crippen LogP contribution in [0.25, 0.3) is 20.2 Å². The van der Waals surface area contributed by atoms with E-state index in [1.807, 2.05) is 13.8 Å². The van der Waals surface area contributed by atoms with Crippen LogP contribution in [0.3, 0.4) is 0 Å². The lowest BCUT2D eigenvalue weighted by atomic mass is 9.82. The van der Waals surface area contributed by atoms with Crippen LogP contribution < -0.4 is 5.46 Å². The van der Waals surface area contributed by atoms with E-state index in [4.69, 9.17) is 4.65 Å². The molecule has 3 aromatic rings. The van der Waals surface area contributed by atoms with E-state index in [9.17, 15) is 5.11 Å². The van der Waals surface area contributed by atoms with Gasteiger partial charge in [0.15, 0.2) is 0 Å². The Bertz CT molecular complexity index is 815. The highest BCUT2D eigenvalue weighted by atomic mass is 32.1. The Balaban J connectivity index is 1.91. The van der Waals surface area contributed by atoms with Crippen molar-refractivity contribution in [2.75, 3.05) is 0 Å². The van der Waals surface area contributed by atoms with Crippen molar-refractivity contribution >= 4 is 44.5 Å². The first kappa shape index (κ1) is 15.5. The molecule has 0 fully saturated rings. The summed E-state index contributed by atoms with van der Waals surface area (Å²) < 4.78 is 8.42. The Hall–Kier alpha value is -1.36. The Morgan fingerprint density at radius 1 is 0.955 bits per heavy atom. The molecule has 0 aliphatic rings. The van der Waals surface area contributed by atoms with Crippen molar-refractivity contribution in [2.45, 2.75) is 38.9 Å². The first-order chi connectivity index (χ1) is 10.3. The molecule has 2 aromatic carbocycles. The Labute approximate surface area is 136 Å². The molecule has 2 nitrogen and oxygen atoms in total. The zero-order chi connectivity index (χ0) is 16.0. The molecule has 1 N–H and O–H groups in total. The van der Waals surface area contributed by atoms with Crippen LogP contribution in [0.15, 0.2) is 42.5 Å². The van der Waals surface area contributed by atoms with E-state index in [2.05, 4.69) is 42.5 Å². The van der Waals surface area contributed by atoms with E-state index >= 15 is 0 Å². The molecule has 1 heterocycles. The van der Waals surface area contributed by atoms with E-state index in [-0.39, 0.29) is 0 Å². The lowest BCUT2D eigenvalue weighted by molar-refractivity contribution is -0.0893. The third kappa shape index (κ3) is 2.79. The van der Waals surface area contributed by atoms with Crippen LogP contribution in [0.2, 0.25) is 0 Å². The van der Waals surface area contributed by atoms with E-state index in [1.54, 1.807) is 32.7 Å². The average molecular weight is 311 g/mol. The van der Waals surface area contributed by atoms with Gasteiger partial charge >= 0.3 is 7.48 Å². The van der Waals surface area contributed by atoms with E-state index in [1.165, 1.54) is 20.2 Å². The molecular weight excluding hydrogens is 291 g/mol. The standard InChI is InChI=1S/C18H20BO2S/c1-17(2,20)18(3,4)21-19-12-9-10-16-14(11-12)13-7-5-6-8-15(13)22-16/h5-11,20H,1-4H3. The van der Waals surface area contributed by atoms with Gasteiger partial charge in [-0.3, -0.25) is 0 Å². The number of hydrogen-bond acceptors (Lipinski definition) is 3. The quantitative estimate of drug-likeness (QED) is 0.741. The summed E-state index contributed by atoms with van der Waals surface area (Å²) >= 11 is 1.80. The molecular formula is C18H20BO2S. The van der Waals surface area contributed by atoms with Gasteiger partial charge < -0.3 is 9.76 Å². The summed E-state index contributed by atoms with van der Waals surface area (Å²) in [6, 6.07) is 14.8. The molecule has 4 heteroatoms. The molecule has 22 heavy (non-hydrogen) atoms. The van der Waals surface area contributed by atoms with Crippen molar-refractivity contribution in [1.82, 2.24) is 0 Å². The minimum atomic E-state index is -0.914. The summed E-state index contributed by atoms with van der Waals surface area (Å²) in [7, 11) is 1.74. The van der Waals surface area contributed by atoms with Crippen LogP contribution in [-0.2, 0) is 4.65 Å². The first-order valence-corrected chi connectivity index (χ1v) is 8.24. The lowest BCUT2D eigenvalue weighted by Gasteiger charge is -2.37. The smallest absolute Gasteiger partial charge is 0.330 e. The molecule has 0 unspecified atom stereocenters. The van der Waals surface area contributed by atoms with Gasteiger partial charge in [-0.15, -0.1) is 11.3 Å². The number of aliphatic hydroxyl groups is 1. The van der Waals surface area contributed by atoms with Gasteiger partial charge in [0, 0.05) is 14.8 Å². The zero-order valence-electron chi connectivity index (χ0n) is 13.4. The fourth-order valence-corrected chi connectivity index (χ4v) is 3.26. The van der Waals surface area contributed by atoms with E-state index in [0.717, 1.165) is 5.46 Å². The van der Waals surface area contributed by atoms with Gasteiger partial charge in [-0.2, -0.15) is 0 Å². The minimum absolute atomic E-state index is 0.654. The molecule has 0 aliphatic carbocycles. The van der Waals surface area contributed by atoms with Crippen LogP contribution >= 0.6 is 11.3 Å². The largest absolute Gasteiger partial charge is 0.427 e. The summed E-state index contributed by atoms with van der Waals surface area (Å²) in [5, 5.41) is 12.7. The molecule has 0 spiro atoms. The molecule has 1 aromatic heterocycles. The third-order valence-electron chi connectivity index (χ3n) is 4.36. The van der Waals surface area contributed by atoms with Crippen molar-refractivity contribution in [3.8, 4) is 0 Å². The van der Waals surface area contributed by atoms with Gasteiger partial charge in [0.2, 0.25) is 0 Å². The maximum atomic E-state index is 10.2. The molecule has 1 radical (unpaired) electrons. The van der Waals surface area contributed by atoms with Gasteiger partial charge in [-0.25, -0.2) is 0 Å². The number of rotatable bonds is 4. The van der Waals surface area contributed by atoms with E-state index in [0.29, 0.717) is 0 Å². The second-order valence-corrected chi connectivity index (χ2v) is 7.74. The second kappa shape index (κ2) is 5.37. The highest BCUT2D eigenvalue weighted by Gasteiger charge is 2.35. The fraction of sp³-hybridized carbons (Fsp3) is 0.333.